The Morgan fingerprint density at radius 1 is 1.14 bits per heavy atom. The number of urea groups is 1. The molecule has 0 saturated carbocycles. The normalized spacial score (nSPS) is 19.6. The largest absolute Gasteiger partial charge is 0.484 e. The summed E-state index contributed by atoms with van der Waals surface area (Å²) in [6.45, 7) is 3.23. The number of esters is 1. The van der Waals surface area contributed by atoms with Crippen LogP contribution in [-0.2, 0) is 14.3 Å². The lowest BCUT2D eigenvalue weighted by Crippen LogP contribution is -2.45. The van der Waals surface area contributed by atoms with Gasteiger partial charge in [0.05, 0.1) is 18.7 Å². The molecule has 0 bridgehead atoms. The Morgan fingerprint density at radius 3 is 2.46 bits per heavy atom. The van der Waals surface area contributed by atoms with Crippen LogP contribution in [0.4, 0.5) is 4.79 Å². The second-order valence-corrected chi connectivity index (χ2v) is 6.86. The first-order valence-electron chi connectivity index (χ1n) is 9.36. The lowest BCUT2D eigenvalue weighted by atomic mass is 9.95. The molecule has 1 aromatic rings. The van der Waals surface area contributed by atoms with Crippen molar-refractivity contribution < 1.29 is 23.9 Å². The molecule has 2 N–H and O–H groups in total. The lowest BCUT2D eigenvalue weighted by Gasteiger charge is -2.28. The first kappa shape index (κ1) is 19.7. The summed E-state index contributed by atoms with van der Waals surface area (Å²) in [7, 11) is 1.30. The molecule has 1 aromatic carbocycles. The molecule has 1 fully saturated rings. The van der Waals surface area contributed by atoms with Crippen molar-refractivity contribution in [2.45, 2.75) is 32.2 Å². The van der Waals surface area contributed by atoms with Gasteiger partial charge in [0.15, 0.2) is 6.61 Å². The molecule has 8 nitrogen and oxygen atoms in total. The molecule has 2 aliphatic heterocycles. The minimum atomic E-state index is -0.620. The highest BCUT2D eigenvalue weighted by Crippen LogP contribution is 2.28. The minimum absolute atomic E-state index is 0.00411. The van der Waals surface area contributed by atoms with E-state index in [1.54, 1.807) is 31.2 Å². The number of amides is 3. The maximum Gasteiger partial charge on any atom is 0.337 e. The van der Waals surface area contributed by atoms with Gasteiger partial charge in [-0.15, -0.1) is 0 Å². The molecule has 0 spiro atoms. The van der Waals surface area contributed by atoms with Crippen molar-refractivity contribution >= 4 is 17.9 Å². The fraction of sp³-hybridized carbons (Fsp3) is 0.450. The highest BCUT2D eigenvalue weighted by atomic mass is 16.5. The number of methoxy groups -OCH3 is 1. The van der Waals surface area contributed by atoms with Crippen LogP contribution in [0.15, 0.2) is 35.5 Å². The van der Waals surface area contributed by atoms with Gasteiger partial charge in [-0.1, -0.05) is 12.1 Å². The molecular weight excluding hydrogens is 362 g/mol. The fourth-order valence-corrected chi connectivity index (χ4v) is 3.46. The summed E-state index contributed by atoms with van der Waals surface area (Å²) in [5.41, 5.74) is 1.51. The van der Waals surface area contributed by atoms with Gasteiger partial charge >= 0.3 is 12.0 Å². The predicted molar refractivity (Wildman–Crippen MR) is 101 cm³/mol. The molecule has 28 heavy (non-hydrogen) atoms. The number of allylic oxidation sites excluding steroid dienone is 1. The Labute approximate surface area is 163 Å². The van der Waals surface area contributed by atoms with Crippen LogP contribution in [0.5, 0.6) is 5.75 Å². The number of hydrogen-bond acceptors (Lipinski definition) is 5. The molecule has 0 radical (unpaired) electrons. The van der Waals surface area contributed by atoms with E-state index in [1.165, 1.54) is 13.5 Å². The number of carbonyl (C=O) groups excluding carboxylic acids is 3. The van der Waals surface area contributed by atoms with Crippen LogP contribution < -0.4 is 15.4 Å². The molecule has 150 valence electrons. The molecule has 3 amide bonds. The van der Waals surface area contributed by atoms with E-state index in [4.69, 9.17) is 9.47 Å². The van der Waals surface area contributed by atoms with E-state index < -0.39 is 12.0 Å². The van der Waals surface area contributed by atoms with Gasteiger partial charge in [0.2, 0.25) is 0 Å². The molecule has 0 aromatic heterocycles. The van der Waals surface area contributed by atoms with Gasteiger partial charge < -0.3 is 25.0 Å². The summed E-state index contributed by atoms with van der Waals surface area (Å²) >= 11 is 0. The smallest absolute Gasteiger partial charge is 0.337 e. The molecule has 3 rings (SSSR count). The van der Waals surface area contributed by atoms with Crippen LogP contribution in [0.25, 0.3) is 0 Å². The van der Waals surface area contributed by atoms with E-state index in [2.05, 4.69) is 10.6 Å². The quantitative estimate of drug-likeness (QED) is 0.752. The maximum atomic E-state index is 12.2. The summed E-state index contributed by atoms with van der Waals surface area (Å²) in [6.07, 6.45) is 3.25. The van der Waals surface area contributed by atoms with Crippen molar-refractivity contribution in [3.63, 3.8) is 0 Å². The van der Waals surface area contributed by atoms with Crippen molar-refractivity contribution in [1.82, 2.24) is 15.5 Å². The Balaban J connectivity index is 1.67. The van der Waals surface area contributed by atoms with Gasteiger partial charge in [0, 0.05) is 18.8 Å². The van der Waals surface area contributed by atoms with Crippen LogP contribution in [0, 0.1) is 0 Å². The first-order valence-corrected chi connectivity index (χ1v) is 9.36. The third kappa shape index (κ3) is 4.44. The molecule has 2 heterocycles. The Bertz CT molecular complexity index is 782. The van der Waals surface area contributed by atoms with E-state index in [9.17, 15) is 14.4 Å². The van der Waals surface area contributed by atoms with Crippen LogP contribution in [0.2, 0.25) is 0 Å². The zero-order chi connectivity index (χ0) is 20.1. The number of piperidine rings is 1. The first-order chi connectivity index (χ1) is 13.5. The number of benzene rings is 1. The van der Waals surface area contributed by atoms with Gasteiger partial charge in [-0.3, -0.25) is 4.79 Å². The monoisotopic (exact) mass is 387 g/mol. The van der Waals surface area contributed by atoms with Gasteiger partial charge in [-0.25, -0.2) is 9.59 Å². The van der Waals surface area contributed by atoms with E-state index in [1.807, 2.05) is 4.90 Å². The summed E-state index contributed by atoms with van der Waals surface area (Å²) in [4.78, 5) is 38.0. The number of nitrogens with zero attached hydrogens (tertiary/aromatic N) is 1. The van der Waals surface area contributed by atoms with Crippen molar-refractivity contribution in [2.75, 3.05) is 26.8 Å². The third-order valence-electron chi connectivity index (χ3n) is 4.96. The van der Waals surface area contributed by atoms with Crippen molar-refractivity contribution in [3.05, 3.63) is 41.1 Å². The zero-order valence-corrected chi connectivity index (χ0v) is 16.1. The fourth-order valence-electron chi connectivity index (χ4n) is 3.46. The van der Waals surface area contributed by atoms with Crippen molar-refractivity contribution in [2.24, 2.45) is 0 Å². The lowest BCUT2D eigenvalue weighted by molar-refractivity contribution is -0.136. The highest BCUT2D eigenvalue weighted by Gasteiger charge is 2.31. The minimum Gasteiger partial charge on any atom is -0.484 e. The van der Waals surface area contributed by atoms with E-state index in [-0.39, 0.29) is 18.5 Å². The average molecular weight is 387 g/mol. The topological polar surface area (TPSA) is 97.0 Å². The van der Waals surface area contributed by atoms with Gasteiger partial charge in [0.1, 0.15) is 5.75 Å². The average Bonchev–Trinajstić information content (AvgIpc) is 2.72. The number of ether oxygens (including phenoxy) is 2. The summed E-state index contributed by atoms with van der Waals surface area (Å²) < 4.78 is 10.4. The van der Waals surface area contributed by atoms with Crippen LogP contribution in [0.1, 0.15) is 37.8 Å². The second kappa shape index (κ2) is 8.77. The van der Waals surface area contributed by atoms with Gasteiger partial charge in [0.25, 0.3) is 5.91 Å². The molecule has 8 heteroatoms. The zero-order valence-electron chi connectivity index (χ0n) is 16.1. The molecule has 0 aliphatic carbocycles. The SMILES string of the molecule is COC(=O)C1=C(C)NC(=O)N[C@H]1c1ccc(OCC(=O)N2CCCCC2)cc1. The second-order valence-electron chi connectivity index (χ2n) is 6.86. The maximum absolute atomic E-state index is 12.2. The molecule has 1 atom stereocenters. The molecule has 0 unspecified atom stereocenters. The number of nitrogens with one attached hydrogen (secondary N) is 2. The van der Waals surface area contributed by atoms with Gasteiger partial charge in [-0.2, -0.15) is 0 Å². The summed E-state index contributed by atoms with van der Waals surface area (Å²) in [5.74, 6) is 0.0260. The third-order valence-corrected chi connectivity index (χ3v) is 4.96. The molecule has 2 aliphatic rings. The Morgan fingerprint density at radius 2 is 1.82 bits per heavy atom. The van der Waals surface area contributed by atoms with E-state index in [0.29, 0.717) is 22.6 Å². The summed E-state index contributed by atoms with van der Waals surface area (Å²) in [5, 5.41) is 5.31. The number of rotatable bonds is 5. The van der Waals surface area contributed by atoms with E-state index in [0.717, 1.165) is 25.9 Å². The van der Waals surface area contributed by atoms with E-state index >= 15 is 0 Å². The molecule has 1 saturated heterocycles. The van der Waals surface area contributed by atoms with Crippen LogP contribution >= 0.6 is 0 Å². The van der Waals surface area contributed by atoms with Crippen molar-refractivity contribution in [3.8, 4) is 5.75 Å². The van der Waals surface area contributed by atoms with Crippen LogP contribution in [-0.4, -0.2) is 49.6 Å². The van der Waals surface area contributed by atoms with Crippen LogP contribution in [0.3, 0.4) is 0 Å². The summed E-state index contributed by atoms with van der Waals surface area (Å²) in [6, 6.07) is 5.95. The standard InChI is InChI=1S/C20H25N3O5/c1-13-17(19(25)27-2)18(22-20(26)21-13)14-6-8-15(9-7-14)28-12-16(24)23-10-4-3-5-11-23/h6-9,18H,3-5,10-12H2,1-2H3,(H2,21,22,26)/t18-/m0/s1. The number of likely N-dealkylation sites (tertiary alicyclic amines) is 1. The Hall–Kier alpha value is -3.03. The van der Waals surface area contributed by atoms with Crippen molar-refractivity contribution in [1.29, 1.82) is 0 Å². The predicted octanol–water partition coefficient (Wildman–Crippen LogP) is 1.88. The number of carbonyl (C=O) groups is 3. The van der Waals surface area contributed by atoms with Gasteiger partial charge in [-0.05, 0) is 43.9 Å². The highest BCUT2D eigenvalue weighted by molar-refractivity contribution is 5.94. The Kier molecular flexibility index (Phi) is 6.18. The number of hydrogen-bond donors (Lipinski definition) is 2. The molecular formula is C20H25N3O5.